The molecule has 2 aliphatic heterocycles. The molecule has 0 bridgehead atoms. The molecule has 1 aromatic heterocycles. The van der Waals surface area contributed by atoms with Crippen LogP contribution in [0.15, 0.2) is 36.7 Å². The Morgan fingerprint density at radius 2 is 1.57 bits per heavy atom. The van der Waals surface area contributed by atoms with Crippen LogP contribution in [0.25, 0.3) is 0 Å². The number of aromatic nitrogens is 2. The number of rotatable bonds is 4. The summed E-state index contributed by atoms with van der Waals surface area (Å²) in [5.74, 6) is 0.428. The zero-order chi connectivity index (χ0) is 19.3. The van der Waals surface area contributed by atoms with Gasteiger partial charge in [0.25, 0.3) is 5.91 Å². The van der Waals surface area contributed by atoms with E-state index in [2.05, 4.69) is 49.2 Å². The van der Waals surface area contributed by atoms with E-state index in [1.807, 2.05) is 12.1 Å². The van der Waals surface area contributed by atoms with Crippen LogP contribution in [-0.4, -0.2) is 80.3 Å². The zero-order valence-corrected chi connectivity index (χ0v) is 16.2. The lowest BCUT2D eigenvalue weighted by atomic mass is 10.2. The third-order valence-electron chi connectivity index (χ3n) is 5.19. The van der Waals surface area contributed by atoms with Gasteiger partial charge in [-0.25, -0.2) is 9.97 Å². The van der Waals surface area contributed by atoms with Crippen molar-refractivity contribution >= 4 is 23.2 Å². The predicted octanol–water partition coefficient (Wildman–Crippen LogP) is 1.32. The fourth-order valence-corrected chi connectivity index (χ4v) is 3.39. The zero-order valence-electron chi connectivity index (χ0n) is 16.2. The lowest BCUT2D eigenvalue weighted by Gasteiger charge is -2.34. The maximum absolute atomic E-state index is 12.5. The van der Waals surface area contributed by atoms with Gasteiger partial charge in [-0.2, -0.15) is 0 Å². The van der Waals surface area contributed by atoms with E-state index in [-0.39, 0.29) is 5.91 Å². The molecule has 0 unspecified atom stereocenters. The number of carbonyl (C=O) groups is 1. The van der Waals surface area contributed by atoms with Gasteiger partial charge in [-0.15, -0.1) is 0 Å². The maximum Gasteiger partial charge on any atom is 0.258 e. The number of ether oxygens (including phenoxy) is 1. The normalized spacial score (nSPS) is 18.2. The number of nitrogens with one attached hydrogen (secondary N) is 1. The molecule has 3 heterocycles. The Bertz CT molecular complexity index is 781. The molecule has 0 aliphatic carbocycles. The Morgan fingerprint density at radius 3 is 2.21 bits per heavy atom. The minimum atomic E-state index is -0.208. The van der Waals surface area contributed by atoms with Gasteiger partial charge in [0.1, 0.15) is 0 Å². The molecule has 0 saturated carbocycles. The van der Waals surface area contributed by atoms with Crippen LogP contribution in [-0.2, 0) is 4.74 Å². The summed E-state index contributed by atoms with van der Waals surface area (Å²) in [4.78, 5) is 27.9. The van der Waals surface area contributed by atoms with Gasteiger partial charge in [0.05, 0.1) is 18.8 Å². The highest BCUT2D eigenvalue weighted by Gasteiger charge is 2.16. The molecule has 2 fully saturated rings. The summed E-state index contributed by atoms with van der Waals surface area (Å²) in [6.45, 7) is 7.07. The molecule has 28 heavy (non-hydrogen) atoms. The van der Waals surface area contributed by atoms with E-state index in [0.717, 1.165) is 45.0 Å². The highest BCUT2D eigenvalue weighted by atomic mass is 16.5. The fourth-order valence-electron chi connectivity index (χ4n) is 3.39. The minimum absolute atomic E-state index is 0.208. The minimum Gasteiger partial charge on any atom is -0.378 e. The summed E-state index contributed by atoms with van der Waals surface area (Å²) in [5, 5.41) is 2.92. The number of anilines is 3. The summed E-state index contributed by atoms with van der Waals surface area (Å²) in [6, 6.07) is 7.99. The van der Waals surface area contributed by atoms with Crippen molar-refractivity contribution in [3.8, 4) is 0 Å². The molecule has 1 amide bonds. The lowest BCUT2D eigenvalue weighted by molar-refractivity contribution is 0.102. The fraction of sp³-hybridized carbons (Fsp3) is 0.450. The number of nitrogens with zero attached hydrogens (tertiary/aromatic N) is 5. The largest absolute Gasteiger partial charge is 0.378 e. The van der Waals surface area contributed by atoms with Gasteiger partial charge in [-0.3, -0.25) is 4.79 Å². The molecule has 2 aromatic rings. The molecule has 148 valence electrons. The van der Waals surface area contributed by atoms with Crippen molar-refractivity contribution in [2.45, 2.75) is 0 Å². The summed E-state index contributed by atoms with van der Waals surface area (Å²) in [7, 11) is 2.15. The van der Waals surface area contributed by atoms with Crippen molar-refractivity contribution in [1.82, 2.24) is 14.9 Å². The van der Waals surface area contributed by atoms with Crippen LogP contribution in [0, 0.1) is 0 Å². The first-order valence-electron chi connectivity index (χ1n) is 9.69. The van der Waals surface area contributed by atoms with Gasteiger partial charge in [-0.05, 0) is 31.3 Å². The third kappa shape index (κ3) is 4.40. The summed E-state index contributed by atoms with van der Waals surface area (Å²) >= 11 is 0. The summed E-state index contributed by atoms with van der Waals surface area (Å²) < 4.78 is 5.33. The van der Waals surface area contributed by atoms with E-state index in [1.165, 1.54) is 5.69 Å². The van der Waals surface area contributed by atoms with Gasteiger partial charge in [-0.1, -0.05) is 0 Å². The Balaban J connectivity index is 1.35. The lowest BCUT2D eigenvalue weighted by Crippen LogP contribution is -2.44. The molecule has 1 aromatic carbocycles. The SMILES string of the molecule is CN1CCN(c2ccc(NC(=O)c3cnc(N4CCOCC4)nc3)cc2)CC1. The van der Waals surface area contributed by atoms with Crippen LogP contribution < -0.4 is 15.1 Å². The molecule has 2 saturated heterocycles. The Labute approximate surface area is 165 Å². The monoisotopic (exact) mass is 382 g/mol. The van der Waals surface area contributed by atoms with E-state index in [4.69, 9.17) is 4.74 Å². The predicted molar refractivity (Wildman–Crippen MR) is 109 cm³/mol. The number of likely N-dealkylation sites (N-methyl/N-ethyl adjacent to an activating group) is 1. The average Bonchev–Trinajstić information content (AvgIpc) is 2.76. The third-order valence-corrected chi connectivity index (χ3v) is 5.19. The van der Waals surface area contributed by atoms with Crippen molar-refractivity contribution in [3.63, 3.8) is 0 Å². The standard InChI is InChI=1S/C20H26N6O2/c1-24-6-8-25(9-7-24)18-4-2-17(3-5-18)23-19(27)16-14-21-20(22-15-16)26-10-12-28-13-11-26/h2-5,14-15H,6-13H2,1H3,(H,23,27). The van der Waals surface area contributed by atoms with Crippen molar-refractivity contribution in [2.75, 3.05) is 74.6 Å². The molecule has 1 N–H and O–H groups in total. The van der Waals surface area contributed by atoms with Crippen molar-refractivity contribution in [2.24, 2.45) is 0 Å². The number of morpholine rings is 1. The van der Waals surface area contributed by atoms with Crippen molar-refractivity contribution in [1.29, 1.82) is 0 Å². The summed E-state index contributed by atoms with van der Waals surface area (Å²) in [5.41, 5.74) is 2.39. The van der Waals surface area contributed by atoms with E-state index in [1.54, 1.807) is 12.4 Å². The quantitative estimate of drug-likeness (QED) is 0.855. The second-order valence-electron chi connectivity index (χ2n) is 7.16. The van der Waals surface area contributed by atoms with Crippen LogP contribution in [0.1, 0.15) is 10.4 Å². The van der Waals surface area contributed by atoms with Gasteiger partial charge >= 0.3 is 0 Å². The molecule has 0 atom stereocenters. The second kappa shape index (κ2) is 8.53. The smallest absolute Gasteiger partial charge is 0.258 e. The maximum atomic E-state index is 12.5. The molecule has 8 nitrogen and oxygen atoms in total. The molecule has 8 heteroatoms. The van der Waals surface area contributed by atoms with Gasteiger partial charge < -0.3 is 24.8 Å². The number of hydrogen-bond donors (Lipinski definition) is 1. The van der Waals surface area contributed by atoms with Gasteiger partial charge in [0, 0.05) is 63.0 Å². The van der Waals surface area contributed by atoms with E-state index < -0.39 is 0 Å². The first-order chi connectivity index (χ1) is 13.7. The molecule has 4 rings (SSSR count). The molecular weight excluding hydrogens is 356 g/mol. The van der Waals surface area contributed by atoms with Crippen LogP contribution in [0.2, 0.25) is 0 Å². The summed E-state index contributed by atoms with van der Waals surface area (Å²) in [6.07, 6.45) is 3.15. The average molecular weight is 382 g/mol. The number of amides is 1. The molecular formula is C20H26N6O2. The van der Waals surface area contributed by atoms with Gasteiger partial charge in [0.2, 0.25) is 5.95 Å². The first-order valence-corrected chi connectivity index (χ1v) is 9.69. The highest BCUT2D eigenvalue weighted by Crippen LogP contribution is 2.20. The molecule has 0 spiro atoms. The van der Waals surface area contributed by atoms with Gasteiger partial charge in [0.15, 0.2) is 0 Å². The van der Waals surface area contributed by atoms with Crippen LogP contribution in [0.5, 0.6) is 0 Å². The van der Waals surface area contributed by atoms with Crippen LogP contribution in [0.3, 0.4) is 0 Å². The number of benzene rings is 1. The van der Waals surface area contributed by atoms with E-state index in [9.17, 15) is 4.79 Å². The topological polar surface area (TPSA) is 73.8 Å². The van der Waals surface area contributed by atoms with Crippen LogP contribution >= 0.6 is 0 Å². The highest BCUT2D eigenvalue weighted by molar-refractivity contribution is 6.03. The Morgan fingerprint density at radius 1 is 0.929 bits per heavy atom. The molecule has 2 aliphatic rings. The number of hydrogen-bond acceptors (Lipinski definition) is 7. The van der Waals surface area contributed by atoms with E-state index >= 15 is 0 Å². The number of piperazine rings is 1. The molecule has 0 radical (unpaired) electrons. The van der Waals surface area contributed by atoms with Crippen LogP contribution in [0.4, 0.5) is 17.3 Å². The van der Waals surface area contributed by atoms with Crippen molar-refractivity contribution in [3.05, 3.63) is 42.2 Å². The Hall–Kier alpha value is -2.71. The Kier molecular flexibility index (Phi) is 5.68. The van der Waals surface area contributed by atoms with E-state index in [0.29, 0.717) is 24.7 Å². The number of carbonyl (C=O) groups excluding carboxylic acids is 1. The second-order valence-corrected chi connectivity index (χ2v) is 7.16. The first kappa shape index (κ1) is 18.6. The van der Waals surface area contributed by atoms with Crippen molar-refractivity contribution < 1.29 is 9.53 Å².